The van der Waals surface area contributed by atoms with E-state index in [1.165, 1.54) is 0 Å². The van der Waals surface area contributed by atoms with Crippen molar-refractivity contribution >= 4 is 17.0 Å². The number of carbonyl (C=O) groups excluding carboxylic acids is 1. The number of fused-ring (bicyclic) bond motifs is 1. The highest BCUT2D eigenvalue weighted by Gasteiger charge is 2.27. The first-order valence-corrected chi connectivity index (χ1v) is 7.19. The van der Waals surface area contributed by atoms with Gasteiger partial charge in [0, 0.05) is 12.7 Å². The van der Waals surface area contributed by atoms with Crippen LogP contribution < -0.4 is 0 Å². The van der Waals surface area contributed by atoms with Crippen LogP contribution >= 0.6 is 0 Å². The quantitative estimate of drug-likeness (QED) is 0.761. The van der Waals surface area contributed by atoms with E-state index in [2.05, 4.69) is 28.4 Å². The molecule has 0 saturated carbocycles. The number of carbonyl (C=O) groups is 1. The second-order valence-electron chi connectivity index (χ2n) is 4.67. The Bertz CT molecular complexity index is 592. The van der Waals surface area contributed by atoms with Crippen LogP contribution in [0.4, 0.5) is 0 Å². The minimum absolute atomic E-state index is 0.188. The van der Waals surface area contributed by atoms with Gasteiger partial charge in [0.2, 0.25) is 0 Å². The fourth-order valence-corrected chi connectivity index (χ4v) is 2.48. The first-order chi connectivity index (χ1) is 9.72. The van der Waals surface area contributed by atoms with E-state index in [0.717, 1.165) is 36.2 Å². The molecule has 0 saturated heterocycles. The molecular weight excluding hydrogens is 254 g/mol. The number of aromatic nitrogens is 3. The Morgan fingerprint density at radius 1 is 1.40 bits per heavy atom. The van der Waals surface area contributed by atoms with Crippen molar-refractivity contribution in [2.24, 2.45) is 0 Å². The van der Waals surface area contributed by atoms with E-state index >= 15 is 0 Å². The lowest BCUT2D eigenvalue weighted by molar-refractivity contribution is -0.145. The van der Waals surface area contributed by atoms with E-state index in [1.54, 1.807) is 12.4 Å². The Hall–Kier alpha value is -1.91. The van der Waals surface area contributed by atoms with Gasteiger partial charge in [-0.15, -0.1) is 0 Å². The number of esters is 1. The Labute approximate surface area is 119 Å². The van der Waals surface area contributed by atoms with E-state index in [0.29, 0.717) is 6.61 Å². The molecule has 0 aromatic carbocycles. The van der Waals surface area contributed by atoms with Crippen LogP contribution in [0.15, 0.2) is 18.5 Å². The highest BCUT2D eigenvalue weighted by atomic mass is 16.5. The van der Waals surface area contributed by atoms with Gasteiger partial charge in [-0.05, 0) is 26.3 Å². The van der Waals surface area contributed by atoms with Gasteiger partial charge in [0.05, 0.1) is 18.3 Å². The summed E-state index contributed by atoms with van der Waals surface area (Å²) < 4.78 is 7.28. The maximum absolute atomic E-state index is 12.2. The fourth-order valence-electron chi connectivity index (χ4n) is 2.48. The zero-order valence-corrected chi connectivity index (χ0v) is 12.3. The summed E-state index contributed by atoms with van der Waals surface area (Å²) in [4.78, 5) is 20.9. The number of pyridine rings is 1. The van der Waals surface area contributed by atoms with Crippen LogP contribution in [0.1, 0.15) is 45.4 Å². The van der Waals surface area contributed by atoms with Crippen LogP contribution in [0.25, 0.3) is 11.0 Å². The van der Waals surface area contributed by atoms with Crippen LogP contribution in [0.2, 0.25) is 0 Å². The summed E-state index contributed by atoms with van der Waals surface area (Å²) in [6, 6.07) is 1.93. The molecule has 2 rings (SSSR count). The zero-order chi connectivity index (χ0) is 14.5. The van der Waals surface area contributed by atoms with Crippen LogP contribution in [0.5, 0.6) is 0 Å². The SMILES string of the molecule is CCCC(C(=O)OCC)c1nc2cnccc2n1CC. The second-order valence-corrected chi connectivity index (χ2v) is 4.67. The van der Waals surface area contributed by atoms with Crippen LogP contribution in [-0.2, 0) is 16.1 Å². The molecule has 0 radical (unpaired) electrons. The molecule has 2 aromatic heterocycles. The molecule has 2 aromatic rings. The topological polar surface area (TPSA) is 57.0 Å². The van der Waals surface area contributed by atoms with E-state index < -0.39 is 0 Å². The third-order valence-corrected chi connectivity index (χ3v) is 3.36. The number of aryl methyl sites for hydroxylation is 1. The van der Waals surface area contributed by atoms with E-state index in [-0.39, 0.29) is 11.9 Å². The monoisotopic (exact) mass is 275 g/mol. The molecule has 0 aliphatic heterocycles. The van der Waals surface area contributed by atoms with Crippen molar-refractivity contribution in [3.05, 3.63) is 24.3 Å². The predicted octanol–water partition coefficient (Wildman–Crippen LogP) is 2.90. The van der Waals surface area contributed by atoms with Gasteiger partial charge in [-0.25, -0.2) is 4.98 Å². The van der Waals surface area contributed by atoms with Gasteiger partial charge in [0.25, 0.3) is 0 Å². The normalized spacial score (nSPS) is 12.6. The minimum Gasteiger partial charge on any atom is -0.465 e. The van der Waals surface area contributed by atoms with Crippen molar-refractivity contribution < 1.29 is 9.53 Å². The number of hydrogen-bond donors (Lipinski definition) is 0. The molecule has 1 unspecified atom stereocenters. The number of ether oxygens (including phenoxy) is 1. The summed E-state index contributed by atoms with van der Waals surface area (Å²) in [5.41, 5.74) is 1.85. The van der Waals surface area contributed by atoms with Gasteiger partial charge in [0.1, 0.15) is 17.3 Å². The average Bonchev–Trinajstić information content (AvgIpc) is 2.82. The van der Waals surface area contributed by atoms with Crippen molar-refractivity contribution in [1.82, 2.24) is 14.5 Å². The maximum Gasteiger partial charge on any atom is 0.316 e. The van der Waals surface area contributed by atoms with Crippen LogP contribution in [0.3, 0.4) is 0 Å². The summed E-state index contributed by atoms with van der Waals surface area (Å²) in [6.07, 6.45) is 5.14. The number of rotatable bonds is 6. The first kappa shape index (κ1) is 14.5. The van der Waals surface area contributed by atoms with Crippen molar-refractivity contribution in [1.29, 1.82) is 0 Å². The Kier molecular flexibility index (Phi) is 4.71. The highest BCUT2D eigenvalue weighted by Crippen LogP contribution is 2.26. The lowest BCUT2D eigenvalue weighted by Gasteiger charge is -2.15. The summed E-state index contributed by atoms with van der Waals surface area (Å²) in [5, 5.41) is 0. The molecule has 1 atom stereocenters. The molecule has 5 heteroatoms. The van der Waals surface area contributed by atoms with Gasteiger partial charge in [-0.3, -0.25) is 9.78 Å². The molecule has 0 amide bonds. The summed E-state index contributed by atoms with van der Waals surface area (Å²) in [6.45, 7) is 7.11. The molecule has 0 aliphatic rings. The van der Waals surface area contributed by atoms with Crippen molar-refractivity contribution in [2.75, 3.05) is 6.61 Å². The van der Waals surface area contributed by atoms with Gasteiger partial charge >= 0.3 is 5.97 Å². The predicted molar refractivity (Wildman–Crippen MR) is 77.5 cm³/mol. The lowest BCUT2D eigenvalue weighted by Crippen LogP contribution is -2.20. The van der Waals surface area contributed by atoms with Crippen LogP contribution in [0, 0.1) is 0 Å². The molecule has 108 valence electrons. The molecule has 2 heterocycles. The number of nitrogens with zero attached hydrogens (tertiary/aromatic N) is 3. The summed E-state index contributed by atoms with van der Waals surface area (Å²) in [7, 11) is 0. The standard InChI is InChI=1S/C15H21N3O2/c1-4-7-11(15(19)20-6-3)14-17-12-10-16-9-8-13(12)18(14)5-2/h8-11H,4-7H2,1-3H3. The Balaban J connectivity index is 2.49. The van der Waals surface area contributed by atoms with Gasteiger partial charge in [0.15, 0.2) is 0 Å². The third-order valence-electron chi connectivity index (χ3n) is 3.36. The zero-order valence-electron chi connectivity index (χ0n) is 12.3. The van der Waals surface area contributed by atoms with E-state index in [4.69, 9.17) is 4.74 Å². The molecule has 20 heavy (non-hydrogen) atoms. The average molecular weight is 275 g/mol. The van der Waals surface area contributed by atoms with Crippen molar-refractivity contribution in [3.8, 4) is 0 Å². The largest absolute Gasteiger partial charge is 0.465 e. The molecule has 0 fully saturated rings. The molecule has 0 aliphatic carbocycles. The van der Waals surface area contributed by atoms with E-state index in [1.807, 2.05) is 13.0 Å². The van der Waals surface area contributed by atoms with Gasteiger partial charge < -0.3 is 9.30 Å². The number of imidazole rings is 1. The first-order valence-electron chi connectivity index (χ1n) is 7.19. The molecule has 0 bridgehead atoms. The number of hydrogen-bond acceptors (Lipinski definition) is 4. The lowest BCUT2D eigenvalue weighted by atomic mass is 10.0. The molecule has 0 N–H and O–H groups in total. The van der Waals surface area contributed by atoms with Gasteiger partial charge in [-0.2, -0.15) is 0 Å². The van der Waals surface area contributed by atoms with Gasteiger partial charge in [-0.1, -0.05) is 13.3 Å². The third kappa shape index (κ3) is 2.66. The highest BCUT2D eigenvalue weighted by molar-refractivity contribution is 5.80. The smallest absolute Gasteiger partial charge is 0.316 e. The Morgan fingerprint density at radius 3 is 2.85 bits per heavy atom. The maximum atomic E-state index is 12.2. The molecule has 0 spiro atoms. The van der Waals surface area contributed by atoms with Crippen molar-refractivity contribution in [2.45, 2.75) is 46.1 Å². The van der Waals surface area contributed by atoms with E-state index in [9.17, 15) is 4.79 Å². The summed E-state index contributed by atoms with van der Waals surface area (Å²) in [5.74, 6) is 0.301. The summed E-state index contributed by atoms with van der Waals surface area (Å²) >= 11 is 0. The Morgan fingerprint density at radius 2 is 2.20 bits per heavy atom. The fraction of sp³-hybridized carbons (Fsp3) is 0.533. The molecule has 5 nitrogen and oxygen atoms in total. The van der Waals surface area contributed by atoms with Crippen LogP contribution in [-0.4, -0.2) is 27.1 Å². The second kappa shape index (κ2) is 6.50. The molecular formula is C15H21N3O2. The minimum atomic E-state index is -0.299. The van der Waals surface area contributed by atoms with Crippen molar-refractivity contribution in [3.63, 3.8) is 0 Å².